The summed E-state index contributed by atoms with van der Waals surface area (Å²) in [5.41, 5.74) is 13.8. The third-order valence-electron chi connectivity index (χ3n) is 15.0. The minimum atomic E-state index is -2.96. The Morgan fingerprint density at radius 1 is 0.663 bits per heavy atom. The summed E-state index contributed by atoms with van der Waals surface area (Å²) in [7, 11) is -0.747. The summed E-state index contributed by atoms with van der Waals surface area (Å²) in [6.07, 6.45) is -21.3. The Kier molecular flexibility index (Phi) is 27.6. The highest BCUT2D eigenvalue weighted by atomic mass is 28.3. The number of aliphatic hydroxyl groups excluding tert-OH is 1. The van der Waals surface area contributed by atoms with Crippen LogP contribution in [-0.2, 0) is 126 Å². The van der Waals surface area contributed by atoms with Crippen molar-refractivity contribution >= 4 is 43.8 Å². The lowest BCUT2D eigenvalue weighted by Gasteiger charge is -2.52. The molecule has 92 heavy (non-hydrogen) atoms. The van der Waals surface area contributed by atoms with E-state index < -0.39 is 161 Å². The van der Waals surface area contributed by atoms with Gasteiger partial charge in [0.05, 0.1) is 59.2 Å². The van der Waals surface area contributed by atoms with Gasteiger partial charge in [-0.25, -0.2) is 4.79 Å². The highest BCUT2D eigenvalue weighted by Gasteiger charge is 2.63. The van der Waals surface area contributed by atoms with Crippen LogP contribution >= 0.6 is 0 Å². The normalized spacial score (nSPS) is 27.0. The van der Waals surface area contributed by atoms with E-state index >= 15 is 0 Å². The van der Waals surface area contributed by atoms with Crippen molar-refractivity contribution in [3.8, 4) is 0 Å². The lowest BCUT2D eigenvalue weighted by Crippen LogP contribution is -2.71. The van der Waals surface area contributed by atoms with E-state index in [0.29, 0.717) is 6.61 Å². The number of hydrogen-bond donors (Lipinski definition) is 2. The molecule has 3 heterocycles. The predicted octanol–water partition coefficient (Wildman–Crippen LogP) is 6.73. The topological polar surface area (TPSA) is 322 Å². The molecule has 2 N–H and O–H groups in total. The van der Waals surface area contributed by atoms with Gasteiger partial charge in [-0.2, -0.15) is 0 Å². The molecule has 4 aromatic rings. The Labute approximate surface area is 535 Å². The summed E-state index contributed by atoms with van der Waals surface area (Å²) >= 11 is 0. The number of carbonyl (C=O) groups is 6. The Morgan fingerprint density at radius 2 is 1.18 bits per heavy atom. The van der Waals surface area contributed by atoms with Gasteiger partial charge in [-0.05, 0) is 33.8 Å². The molecular weight excluding hydrogens is 1220 g/mol. The molecule has 16 atom stereocenters. The van der Waals surface area contributed by atoms with E-state index in [0.717, 1.165) is 70.0 Å². The minimum Gasteiger partial charge on any atom is -0.465 e. The van der Waals surface area contributed by atoms with Crippen molar-refractivity contribution in [1.82, 2.24) is 5.32 Å². The van der Waals surface area contributed by atoms with Gasteiger partial charge in [0, 0.05) is 54.2 Å². The van der Waals surface area contributed by atoms with Crippen LogP contribution in [-0.4, -0.2) is 180 Å². The first kappa shape index (κ1) is 72.2. The van der Waals surface area contributed by atoms with Crippen molar-refractivity contribution in [1.29, 1.82) is 0 Å². The largest absolute Gasteiger partial charge is 0.465 e. The van der Waals surface area contributed by atoms with Crippen LogP contribution in [0, 0.1) is 0 Å². The van der Waals surface area contributed by atoms with Crippen LogP contribution < -0.4 is 5.32 Å². The molecule has 3 aliphatic rings. The van der Waals surface area contributed by atoms with Gasteiger partial charge in [-0.3, -0.25) is 24.0 Å². The number of esters is 5. The van der Waals surface area contributed by atoms with Gasteiger partial charge in [0.15, 0.2) is 24.8 Å². The molecule has 0 unspecified atom stereocenters. The quantitative estimate of drug-likeness (QED) is 0.0128. The molecule has 0 radical (unpaired) electrons. The Bertz CT molecular complexity index is 3040. The van der Waals surface area contributed by atoms with Crippen LogP contribution in [0.25, 0.3) is 10.4 Å². The maximum absolute atomic E-state index is 15.0. The van der Waals surface area contributed by atoms with E-state index in [2.05, 4.69) is 35.0 Å². The van der Waals surface area contributed by atoms with Gasteiger partial charge < -0.3 is 81.5 Å². The van der Waals surface area contributed by atoms with Crippen molar-refractivity contribution < 1.29 is 105 Å². The maximum atomic E-state index is 15.0. The number of ether oxygens (including phenoxy) is 15. The highest BCUT2D eigenvalue weighted by molar-refractivity contribution is 6.76. The zero-order chi connectivity index (χ0) is 66.4. The fourth-order valence-electron chi connectivity index (χ4n) is 10.8. The predicted molar refractivity (Wildman–Crippen MR) is 327 cm³/mol. The van der Waals surface area contributed by atoms with E-state index in [1.54, 1.807) is 0 Å². The second-order valence-corrected chi connectivity index (χ2v) is 29.2. The number of hydrogen-bond acceptors (Lipinski definition) is 23. The summed E-state index contributed by atoms with van der Waals surface area (Å²) in [5.74, 6) is -8.88. The van der Waals surface area contributed by atoms with Gasteiger partial charge in [0.1, 0.15) is 67.6 Å². The van der Waals surface area contributed by atoms with Gasteiger partial charge in [0.2, 0.25) is 5.91 Å². The van der Waals surface area contributed by atoms with Gasteiger partial charge >= 0.3 is 29.8 Å². The minimum absolute atomic E-state index is 0.00184. The van der Waals surface area contributed by atoms with E-state index in [4.69, 9.17) is 71.1 Å². The van der Waals surface area contributed by atoms with Crippen LogP contribution in [0.3, 0.4) is 0 Å². The molecule has 3 saturated heterocycles. The fourth-order valence-corrected chi connectivity index (χ4v) is 11.5. The zero-order valence-electron chi connectivity index (χ0n) is 53.1. The molecule has 0 bridgehead atoms. The SMILES string of the molecule is COC(=O)[C@]1(O[C@H]2[C@@H](O)[C@@H](COCc3ccccc3)O[C@@H](O[C@H]3[C@H](OCc4ccccc4)[C@@H](OCc4ccccc4)[C@H](OCC[Si](C)(C)C)O[C@@H]3COCc3ccccc3)[C@@H]2N=[N+]=[N-])C[C@H](OC(C)=O)[C@@H](NC(C)=O)[C@H]([C@H](OC(C)=O)[C@@H](COC(C)=O)OC(C)=O)O1. The molecule has 500 valence electrons. The van der Waals surface area contributed by atoms with Crippen molar-refractivity contribution in [2.24, 2.45) is 5.11 Å². The third kappa shape index (κ3) is 21.4. The van der Waals surface area contributed by atoms with Gasteiger partial charge in [-0.1, -0.05) is 146 Å². The average Bonchev–Trinajstić information content (AvgIpc) is 0.753. The molecule has 3 fully saturated rings. The van der Waals surface area contributed by atoms with E-state index in [1.807, 2.05) is 121 Å². The standard InChI is InChI=1S/C65H84N4O22Si/c1-40(70)67-53-49(84-42(3)72)32-65(64(76)77-6,91-59(53)56(86-44(5)74)52(85-43(4)73)39-81-41(2)71)90-58-54(68-69-66)62(87-50(55(58)75)37-78-33-45-22-14-10-15-23-45)89-57-51(38-79-34-46-24-16-11-17-25-46)88-63(80-30-31-92(7,8)9)61(83-36-48-28-20-13-21-29-48)60(57)82-35-47-26-18-12-19-27-47/h10-29,49-63,75H,30-39H2,1-9H3,(H,67,70)/t49-,50+,51+,52+,53+,54+,55-,56+,57+,58+,59+,60-,61+,62-,63+,65-/m0/s1. The van der Waals surface area contributed by atoms with Crippen molar-refractivity contribution in [3.05, 3.63) is 154 Å². The van der Waals surface area contributed by atoms with E-state index in [9.17, 15) is 39.4 Å². The Hall–Kier alpha value is -7.21. The summed E-state index contributed by atoms with van der Waals surface area (Å²) in [6, 6.07) is 34.6. The molecule has 7 rings (SSSR count). The second kappa shape index (κ2) is 35.2. The molecule has 3 aliphatic heterocycles. The Morgan fingerprint density at radius 3 is 1.67 bits per heavy atom. The first-order chi connectivity index (χ1) is 44.1. The molecule has 0 saturated carbocycles. The molecule has 0 aromatic heterocycles. The first-order valence-electron chi connectivity index (χ1n) is 30.3. The number of carbonyl (C=O) groups excluding carboxylic acids is 6. The molecule has 4 aromatic carbocycles. The zero-order valence-corrected chi connectivity index (χ0v) is 54.1. The average molecular weight is 1300 g/mol. The number of azide groups is 1. The maximum Gasteiger partial charge on any atom is 0.366 e. The number of aliphatic hydroxyl groups is 1. The van der Waals surface area contributed by atoms with Gasteiger partial charge in [0.25, 0.3) is 5.79 Å². The summed E-state index contributed by atoms with van der Waals surface area (Å²) in [6.45, 7) is 11.0. The van der Waals surface area contributed by atoms with E-state index in [1.165, 1.54) is 0 Å². The van der Waals surface area contributed by atoms with Crippen molar-refractivity contribution in [2.75, 3.05) is 33.5 Å². The second-order valence-electron chi connectivity index (χ2n) is 23.6. The molecule has 0 aliphatic carbocycles. The number of methoxy groups -OCH3 is 1. The smallest absolute Gasteiger partial charge is 0.366 e. The lowest BCUT2D eigenvalue weighted by atomic mass is 9.87. The van der Waals surface area contributed by atoms with Gasteiger partial charge in [-0.15, -0.1) is 0 Å². The molecular formula is C65H84N4O22Si. The number of nitrogens with one attached hydrogen (secondary N) is 1. The van der Waals surface area contributed by atoms with Crippen LogP contribution in [0.4, 0.5) is 0 Å². The molecule has 1 amide bonds. The van der Waals surface area contributed by atoms with Crippen molar-refractivity contribution in [3.63, 3.8) is 0 Å². The number of nitrogens with zero attached hydrogens (tertiary/aromatic N) is 3. The van der Waals surface area contributed by atoms with Crippen LogP contribution in [0.2, 0.25) is 25.7 Å². The van der Waals surface area contributed by atoms with Crippen LogP contribution in [0.5, 0.6) is 0 Å². The molecule has 26 nitrogen and oxygen atoms in total. The fraction of sp³-hybridized carbons (Fsp3) is 0.538. The monoisotopic (exact) mass is 1300 g/mol. The van der Waals surface area contributed by atoms with Crippen LogP contribution in [0.15, 0.2) is 126 Å². The number of benzene rings is 4. The van der Waals surface area contributed by atoms with E-state index in [-0.39, 0.29) is 33.0 Å². The first-order valence-corrected chi connectivity index (χ1v) is 34.0. The summed E-state index contributed by atoms with van der Waals surface area (Å²) in [4.78, 5) is 82.9. The number of rotatable bonds is 32. The summed E-state index contributed by atoms with van der Waals surface area (Å²) in [5, 5.41) is 19.7. The highest BCUT2D eigenvalue weighted by Crippen LogP contribution is 2.42. The van der Waals surface area contributed by atoms with Crippen molar-refractivity contribution in [2.45, 2.75) is 191 Å². The molecule has 27 heteroatoms. The number of amides is 1. The molecule has 0 spiro atoms. The lowest BCUT2D eigenvalue weighted by molar-refractivity contribution is -0.375. The Balaban J connectivity index is 1.40. The van der Waals surface area contributed by atoms with Crippen LogP contribution in [0.1, 0.15) is 63.3 Å². The third-order valence-corrected chi connectivity index (χ3v) is 16.7. The summed E-state index contributed by atoms with van der Waals surface area (Å²) < 4.78 is 95.7.